The fourth-order valence-corrected chi connectivity index (χ4v) is 5.16. The maximum absolute atomic E-state index is 13.3. The van der Waals surface area contributed by atoms with Crippen LogP contribution in [0.15, 0.2) is 48.0 Å². The highest BCUT2D eigenvalue weighted by Crippen LogP contribution is 2.44. The van der Waals surface area contributed by atoms with Gasteiger partial charge < -0.3 is 14.6 Å². The minimum atomic E-state index is -0.879. The number of Topliss-reactive ketones (excluding diaryl/α,β-unsaturated/α-hetero) is 1. The highest BCUT2D eigenvalue weighted by atomic mass is 32.1. The van der Waals surface area contributed by atoms with Crippen LogP contribution in [0.4, 0.5) is 5.13 Å². The van der Waals surface area contributed by atoms with Crippen molar-refractivity contribution in [2.45, 2.75) is 45.8 Å². The number of fused-ring (bicyclic) bond motifs is 1. The topological polar surface area (TPSA) is 102 Å². The summed E-state index contributed by atoms with van der Waals surface area (Å²) in [7, 11) is 0. The van der Waals surface area contributed by atoms with Gasteiger partial charge in [0, 0.05) is 12.0 Å². The smallest absolute Gasteiger partial charge is 0.301 e. The number of amides is 1. The molecule has 180 valence electrons. The lowest BCUT2D eigenvalue weighted by molar-refractivity contribution is -0.132. The molecule has 0 spiro atoms. The number of ketones is 1. The van der Waals surface area contributed by atoms with E-state index in [9.17, 15) is 14.7 Å². The van der Waals surface area contributed by atoms with E-state index in [0.29, 0.717) is 40.0 Å². The third-order valence-corrected chi connectivity index (χ3v) is 6.82. The summed E-state index contributed by atoms with van der Waals surface area (Å²) in [5.74, 6) is -0.390. The second kappa shape index (κ2) is 9.14. The van der Waals surface area contributed by atoms with E-state index in [1.165, 1.54) is 16.2 Å². The summed E-state index contributed by atoms with van der Waals surface area (Å²) in [6, 6.07) is 11.6. The number of aromatic nitrogens is 2. The summed E-state index contributed by atoms with van der Waals surface area (Å²) in [5.41, 5.74) is 2.03. The van der Waals surface area contributed by atoms with E-state index >= 15 is 0 Å². The molecule has 3 heterocycles. The molecule has 1 aromatic heterocycles. The van der Waals surface area contributed by atoms with E-state index in [2.05, 4.69) is 10.2 Å². The third kappa shape index (κ3) is 4.16. The molecule has 0 bridgehead atoms. The second-order valence-corrected chi connectivity index (χ2v) is 9.81. The van der Waals surface area contributed by atoms with Crippen LogP contribution in [0.5, 0.6) is 11.5 Å². The van der Waals surface area contributed by atoms with Gasteiger partial charge in [-0.1, -0.05) is 30.4 Å². The van der Waals surface area contributed by atoms with Crippen molar-refractivity contribution in [3.63, 3.8) is 0 Å². The molecule has 2 unspecified atom stereocenters. The maximum Gasteiger partial charge on any atom is 0.301 e. The van der Waals surface area contributed by atoms with Gasteiger partial charge in [-0.15, -0.1) is 10.2 Å². The number of carbonyl (C=O) groups is 2. The Morgan fingerprint density at radius 3 is 2.80 bits per heavy atom. The average Bonchev–Trinajstić information content (AvgIpc) is 3.51. The van der Waals surface area contributed by atoms with Crippen LogP contribution in [-0.4, -0.2) is 39.7 Å². The van der Waals surface area contributed by atoms with Crippen molar-refractivity contribution >= 4 is 33.9 Å². The van der Waals surface area contributed by atoms with Gasteiger partial charge in [-0.2, -0.15) is 0 Å². The molecule has 1 N–H and O–H groups in total. The summed E-state index contributed by atoms with van der Waals surface area (Å²) in [6.07, 6.45) is 1.59. The first kappa shape index (κ1) is 23.0. The Labute approximate surface area is 206 Å². The van der Waals surface area contributed by atoms with E-state index < -0.39 is 17.7 Å². The zero-order valence-corrected chi connectivity index (χ0v) is 20.5. The molecule has 1 amide bonds. The van der Waals surface area contributed by atoms with Gasteiger partial charge >= 0.3 is 5.91 Å². The van der Waals surface area contributed by atoms with Gasteiger partial charge in [0.1, 0.15) is 28.4 Å². The van der Waals surface area contributed by atoms with Crippen LogP contribution in [0.3, 0.4) is 0 Å². The monoisotopic (exact) mass is 491 g/mol. The number of ether oxygens (including phenoxy) is 2. The number of aliphatic hydroxyl groups is 1. The molecule has 2 aliphatic heterocycles. The van der Waals surface area contributed by atoms with Gasteiger partial charge in [0.25, 0.3) is 5.78 Å². The molecule has 2 atom stereocenters. The first-order valence-corrected chi connectivity index (χ1v) is 12.3. The van der Waals surface area contributed by atoms with Crippen LogP contribution in [0.1, 0.15) is 48.0 Å². The number of carbonyl (C=O) groups excluding carboxylic acids is 2. The first-order chi connectivity index (χ1) is 16.9. The predicted octanol–water partition coefficient (Wildman–Crippen LogP) is 4.59. The van der Waals surface area contributed by atoms with Crippen molar-refractivity contribution in [2.24, 2.45) is 0 Å². The summed E-state index contributed by atoms with van der Waals surface area (Å²) in [5, 5.41) is 20.5. The highest BCUT2D eigenvalue weighted by molar-refractivity contribution is 7.15. The van der Waals surface area contributed by atoms with Crippen LogP contribution >= 0.6 is 11.3 Å². The van der Waals surface area contributed by atoms with E-state index in [1.54, 1.807) is 31.2 Å². The van der Waals surface area contributed by atoms with Crippen LogP contribution in [0, 0.1) is 6.92 Å². The van der Waals surface area contributed by atoms with Crippen LogP contribution in [0.25, 0.3) is 5.76 Å². The Bertz CT molecular complexity index is 1350. The quantitative estimate of drug-likeness (QED) is 0.306. The maximum atomic E-state index is 13.3. The summed E-state index contributed by atoms with van der Waals surface area (Å²) < 4.78 is 11.6. The molecule has 0 saturated carbocycles. The SMILES string of the molecule is CCCOc1cccc(C2C(=C(O)c3ccc4c(c3)CC(C)O4)C(=O)C(=O)N2c2nnc(C)s2)c1. The Kier molecular flexibility index (Phi) is 6.02. The van der Waals surface area contributed by atoms with E-state index in [0.717, 1.165) is 17.7 Å². The van der Waals surface area contributed by atoms with Gasteiger partial charge in [0.05, 0.1) is 18.2 Å². The number of rotatable bonds is 6. The van der Waals surface area contributed by atoms with Gasteiger partial charge in [0.2, 0.25) is 5.13 Å². The minimum Gasteiger partial charge on any atom is -0.507 e. The number of benzene rings is 2. The number of aliphatic hydroxyl groups excluding tert-OH is 1. The van der Waals surface area contributed by atoms with Gasteiger partial charge in [-0.3, -0.25) is 14.5 Å². The molecule has 9 heteroatoms. The molecule has 8 nitrogen and oxygen atoms in total. The average molecular weight is 492 g/mol. The molecule has 0 aliphatic carbocycles. The van der Waals surface area contributed by atoms with Gasteiger partial charge in [-0.05, 0) is 61.7 Å². The van der Waals surface area contributed by atoms with Crippen molar-refractivity contribution in [3.8, 4) is 11.5 Å². The first-order valence-electron chi connectivity index (χ1n) is 11.5. The number of aryl methyl sites for hydroxylation is 1. The lowest BCUT2D eigenvalue weighted by Crippen LogP contribution is -2.29. The zero-order chi connectivity index (χ0) is 24.7. The molecule has 3 aromatic rings. The predicted molar refractivity (Wildman–Crippen MR) is 132 cm³/mol. The third-order valence-electron chi connectivity index (χ3n) is 5.98. The normalized spacial score (nSPS) is 20.7. The van der Waals surface area contributed by atoms with Crippen LogP contribution in [-0.2, 0) is 16.0 Å². The van der Waals surface area contributed by atoms with Crippen molar-refractivity contribution < 1.29 is 24.2 Å². The lowest BCUT2D eigenvalue weighted by atomic mass is 9.94. The molecular formula is C26H25N3O5S. The highest BCUT2D eigenvalue weighted by Gasteiger charge is 2.48. The standard InChI is InChI=1S/C26H25N3O5S/c1-4-10-33-19-7-5-6-16(13-19)22-21(24(31)25(32)29(22)26-28-27-15(3)35-26)23(30)17-8-9-20-18(12-17)11-14(2)34-20/h5-9,12-14,22,30H,4,10-11H2,1-3H3. The number of hydrogen-bond donors (Lipinski definition) is 1. The number of nitrogens with zero attached hydrogens (tertiary/aromatic N) is 3. The fraction of sp³-hybridized carbons (Fsp3) is 0.308. The molecule has 0 radical (unpaired) electrons. The molecular weight excluding hydrogens is 466 g/mol. The molecule has 2 aromatic carbocycles. The van der Waals surface area contributed by atoms with Crippen molar-refractivity contribution in [1.82, 2.24) is 10.2 Å². The molecule has 5 rings (SSSR count). The Balaban J connectivity index is 1.66. The number of hydrogen-bond acceptors (Lipinski definition) is 8. The fourth-order valence-electron chi connectivity index (χ4n) is 4.45. The van der Waals surface area contributed by atoms with Crippen LogP contribution in [0.2, 0.25) is 0 Å². The second-order valence-electron chi connectivity index (χ2n) is 8.65. The van der Waals surface area contributed by atoms with Crippen molar-refractivity contribution in [2.75, 3.05) is 11.5 Å². The summed E-state index contributed by atoms with van der Waals surface area (Å²) in [6.45, 7) is 6.30. The van der Waals surface area contributed by atoms with Crippen molar-refractivity contribution in [3.05, 3.63) is 69.7 Å². The summed E-state index contributed by atoms with van der Waals surface area (Å²) >= 11 is 1.21. The Morgan fingerprint density at radius 2 is 2.06 bits per heavy atom. The molecule has 1 saturated heterocycles. The van der Waals surface area contributed by atoms with Crippen molar-refractivity contribution in [1.29, 1.82) is 0 Å². The lowest BCUT2D eigenvalue weighted by Gasteiger charge is -2.23. The van der Waals surface area contributed by atoms with Gasteiger partial charge in [0.15, 0.2) is 0 Å². The van der Waals surface area contributed by atoms with Crippen LogP contribution < -0.4 is 14.4 Å². The van der Waals surface area contributed by atoms with E-state index in [-0.39, 0.29) is 17.4 Å². The van der Waals surface area contributed by atoms with E-state index in [4.69, 9.17) is 9.47 Å². The molecule has 35 heavy (non-hydrogen) atoms. The molecule has 2 aliphatic rings. The Hall–Kier alpha value is -3.72. The largest absolute Gasteiger partial charge is 0.507 e. The van der Waals surface area contributed by atoms with E-state index in [1.807, 2.05) is 32.0 Å². The minimum absolute atomic E-state index is 0.00223. The zero-order valence-electron chi connectivity index (χ0n) is 19.6. The summed E-state index contributed by atoms with van der Waals surface area (Å²) in [4.78, 5) is 27.9. The number of anilines is 1. The van der Waals surface area contributed by atoms with Gasteiger partial charge in [-0.25, -0.2) is 0 Å². The Morgan fingerprint density at radius 1 is 1.23 bits per heavy atom. The molecule has 1 fully saturated rings.